The van der Waals surface area contributed by atoms with Gasteiger partial charge in [-0.3, -0.25) is 4.31 Å². The Labute approximate surface area is 152 Å². The van der Waals surface area contributed by atoms with Crippen molar-refractivity contribution in [1.82, 2.24) is 9.97 Å². The van der Waals surface area contributed by atoms with Gasteiger partial charge in [0.2, 0.25) is 16.0 Å². The first-order valence-corrected chi connectivity index (χ1v) is 10.3. The third-order valence-electron chi connectivity index (χ3n) is 4.59. The Hall–Kier alpha value is -2.39. The van der Waals surface area contributed by atoms with Crippen molar-refractivity contribution in [2.75, 3.05) is 48.3 Å². The van der Waals surface area contributed by atoms with E-state index in [9.17, 15) is 13.5 Å². The lowest BCUT2D eigenvalue weighted by Crippen LogP contribution is -2.38. The van der Waals surface area contributed by atoms with Crippen LogP contribution in [-0.2, 0) is 21.2 Å². The summed E-state index contributed by atoms with van der Waals surface area (Å²) in [6.07, 6.45) is 1.73. The van der Waals surface area contributed by atoms with Crippen LogP contribution < -0.4 is 9.21 Å². The maximum Gasteiger partial charge on any atom is 0.233 e. The van der Waals surface area contributed by atoms with E-state index in [1.807, 2.05) is 11.0 Å². The Bertz CT molecular complexity index is 942. The highest BCUT2D eigenvalue weighted by Crippen LogP contribution is 2.37. The van der Waals surface area contributed by atoms with E-state index in [4.69, 9.17) is 9.72 Å². The van der Waals surface area contributed by atoms with E-state index in [-0.39, 0.29) is 5.75 Å². The molecule has 0 bridgehead atoms. The lowest BCUT2D eigenvalue weighted by atomic mass is 10.1. The maximum absolute atomic E-state index is 12.2. The topological polar surface area (TPSA) is 95.9 Å². The van der Waals surface area contributed by atoms with Crippen LogP contribution in [-0.4, -0.2) is 62.6 Å². The number of anilines is 2. The number of phenolic OH excluding ortho intramolecular Hbond substituents is 1. The standard InChI is InChI=1S/C17H20N4O4S/c1-26(23,24)21-6-5-14-15(12-3-2-4-13(22)11-12)18-17(19-16(14)21)20-7-9-25-10-8-20/h2-4,11,22H,5-10H2,1H3. The number of benzene rings is 1. The number of fused-ring (bicyclic) bond motifs is 1. The number of aromatic hydroxyl groups is 1. The maximum atomic E-state index is 12.2. The molecule has 0 atom stereocenters. The third-order valence-corrected chi connectivity index (χ3v) is 5.74. The van der Waals surface area contributed by atoms with E-state index in [0.29, 0.717) is 56.7 Å². The molecule has 4 rings (SSSR count). The van der Waals surface area contributed by atoms with Crippen molar-refractivity contribution in [3.8, 4) is 17.0 Å². The summed E-state index contributed by atoms with van der Waals surface area (Å²) in [5, 5.41) is 9.85. The van der Waals surface area contributed by atoms with Crippen LogP contribution in [0.5, 0.6) is 5.75 Å². The second-order valence-electron chi connectivity index (χ2n) is 6.41. The summed E-state index contributed by atoms with van der Waals surface area (Å²) in [6.45, 7) is 2.81. The number of hydrogen-bond acceptors (Lipinski definition) is 7. The minimum atomic E-state index is -3.42. The first-order chi connectivity index (χ1) is 12.4. The molecule has 1 N–H and O–H groups in total. The summed E-state index contributed by atoms with van der Waals surface area (Å²) in [4.78, 5) is 11.3. The van der Waals surface area contributed by atoms with Gasteiger partial charge in [0, 0.05) is 30.8 Å². The van der Waals surface area contributed by atoms with Crippen molar-refractivity contribution in [2.45, 2.75) is 6.42 Å². The first kappa shape index (κ1) is 17.0. The average molecular weight is 376 g/mol. The van der Waals surface area contributed by atoms with E-state index in [1.165, 1.54) is 10.6 Å². The molecule has 2 aliphatic heterocycles. The average Bonchev–Trinajstić information content (AvgIpc) is 3.06. The molecular formula is C17H20N4O4S. The summed E-state index contributed by atoms with van der Waals surface area (Å²) in [5.41, 5.74) is 2.20. The van der Waals surface area contributed by atoms with E-state index in [2.05, 4.69) is 4.98 Å². The van der Waals surface area contributed by atoms with Gasteiger partial charge in [-0.2, -0.15) is 4.98 Å². The fourth-order valence-electron chi connectivity index (χ4n) is 3.34. The van der Waals surface area contributed by atoms with Crippen LogP contribution in [0.4, 0.5) is 11.8 Å². The fraction of sp³-hybridized carbons (Fsp3) is 0.412. The van der Waals surface area contributed by atoms with Crippen molar-refractivity contribution in [1.29, 1.82) is 0 Å². The minimum Gasteiger partial charge on any atom is -0.508 e. The summed E-state index contributed by atoms with van der Waals surface area (Å²) in [7, 11) is -3.42. The number of nitrogens with zero attached hydrogens (tertiary/aromatic N) is 4. The third kappa shape index (κ3) is 3.08. The van der Waals surface area contributed by atoms with Gasteiger partial charge >= 0.3 is 0 Å². The van der Waals surface area contributed by atoms with Crippen LogP contribution in [0.15, 0.2) is 24.3 Å². The summed E-state index contributed by atoms with van der Waals surface area (Å²) in [6, 6.07) is 6.83. The molecule has 0 aliphatic carbocycles. The van der Waals surface area contributed by atoms with E-state index in [0.717, 1.165) is 11.1 Å². The fourth-order valence-corrected chi connectivity index (χ4v) is 4.22. The van der Waals surface area contributed by atoms with Crippen LogP contribution in [0.2, 0.25) is 0 Å². The molecule has 2 aliphatic rings. The van der Waals surface area contributed by atoms with Crippen LogP contribution in [0.3, 0.4) is 0 Å². The Morgan fingerprint density at radius 3 is 2.62 bits per heavy atom. The number of aromatic nitrogens is 2. The molecule has 138 valence electrons. The van der Waals surface area contributed by atoms with Crippen LogP contribution in [0, 0.1) is 0 Å². The van der Waals surface area contributed by atoms with Crippen molar-refractivity contribution in [3.63, 3.8) is 0 Å². The molecule has 3 heterocycles. The van der Waals surface area contributed by atoms with Crippen LogP contribution >= 0.6 is 0 Å². The van der Waals surface area contributed by atoms with Gasteiger partial charge < -0.3 is 14.7 Å². The van der Waals surface area contributed by atoms with Gasteiger partial charge in [-0.1, -0.05) is 12.1 Å². The minimum absolute atomic E-state index is 0.140. The lowest BCUT2D eigenvalue weighted by molar-refractivity contribution is 0.122. The normalized spacial score (nSPS) is 17.4. The Morgan fingerprint density at radius 1 is 1.15 bits per heavy atom. The highest BCUT2D eigenvalue weighted by Gasteiger charge is 2.32. The zero-order chi connectivity index (χ0) is 18.3. The molecule has 8 nitrogen and oxygen atoms in total. The molecule has 9 heteroatoms. The van der Waals surface area contributed by atoms with Gasteiger partial charge in [-0.25, -0.2) is 13.4 Å². The molecule has 0 spiro atoms. The van der Waals surface area contributed by atoms with Crippen molar-refractivity contribution >= 4 is 21.8 Å². The van der Waals surface area contributed by atoms with Gasteiger partial charge in [0.05, 0.1) is 25.2 Å². The number of morpholine rings is 1. The Balaban J connectivity index is 1.89. The predicted octanol–water partition coefficient (Wildman–Crippen LogP) is 1.01. The second-order valence-corrected chi connectivity index (χ2v) is 8.32. The first-order valence-electron chi connectivity index (χ1n) is 8.44. The van der Waals surface area contributed by atoms with E-state index in [1.54, 1.807) is 18.2 Å². The molecule has 1 fully saturated rings. The molecule has 0 amide bonds. The molecule has 0 radical (unpaired) electrons. The van der Waals surface area contributed by atoms with Crippen LogP contribution in [0.1, 0.15) is 5.56 Å². The van der Waals surface area contributed by atoms with Crippen molar-refractivity contribution < 1.29 is 18.3 Å². The summed E-state index contributed by atoms with van der Waals surface area (Å²) >= 11 is 0. The van der Waals surface area contributed by atoms with Gasteiger partial charge in [-0.05, 0) is 18.6 Å². The smallest absolute Gasteiger partial charge is 0.233 e. The second kappa shape index (κ2) is 6.40. The van der Waals surface area contributed by atoms with E-state index < -0.39 is 10.0 Å². The largest absolute Gasteiger partial charge is 0.508 e. The van der Waals surface area contributed by atoms with Gasteiger partial charge in [0.1, 0.15) is 5.75 Å². The molecule has 2 aromatic rings. The molecule has 0 saturated carbocycles. The quantitative estimate of drug-likeness (QED) is 0.854. The van der Waals surface area contributed by atoms with Gasteiger partial charge in [0.25, 0.3) is 0 Å². The Morgan fingerprint density at radius 2 is 1.92 bits per heavy atom. The van der Waals surface area contributed by atoms with Gasteiger partial charge in [0.15, 0.2) is 5.82 Å². The van der Waals surface area contributed by atoms with Crippen molar-refractivity contribution in [3.05, 3.63) is 29.8 Å². The summed E-state index contributed by atoms with van der Waals surface area (Å²) in [5.74, 6) is 1.06. The molecule has 0 unspecified atom stereocenters. The SMILES string of the molecule is CS(=O)(=O)N1CCc2c(-c3cccc(O)c3)nc(N3CCOCC3)nc21. The summed E-state index contributed by atoms with van der Waals surface area (Å²) < 4.78 is 31.1. The Kier molecular flexibility index (Phi) is 4.20. The molecule has 1 saturated heterocycles. The number of hydrogen-bond donors (Lipinski definition) is 1. The molecular weight excluding hydrogens is 356 g/mol. The number of rotatable bonds is 3. The van der Waals surface area contributed by atoms with Crippen molar-refractivity contribution in [2.24, 2.45) is 0 Å². The molecule has 1 aromatic heterocycles. The molecule has 26 heavy (non-hydrogen) atoms. The van der Waals surface area contributed by atoms with E-state index >= 15 is 0 Å². The highest BCUT2D eigenvalue weighted by molar-refractivity contribution is 7.92. The number of sulfonamides is 1. The zero-order valence-corrected chi connectivity index (χ0v) is 15.2. The number of phenols is 1. The zero-order valence-electron chi connectivity index (χ0n) is 14.4. The van der Waals surface area contributed by atoms with Crippen LogP contribution in [0.25, 0.3) is 11.3 Å². The highest BCUT2D eigenvalue weighted by atomic mass is 32.2. The predicted molar refractivity (Wildman–Crippen MR) is 98.1 cm³/mol. The molecule has 1 aromatic carbocycles. The monoisotopic (exact) mass is 376 g/mol. The van der Waals surface area contributed by atoms with Gasteiger partial charge in [-0.15, -0.1) is 0 Å². The number of ether oxygens (including phenoxy) is 1. The lowest BCUT2D eigenvalue weighted by Gasteiger charge is -2.28.